The van der Waals surface area contributed by atoms with Crippen LogP contribution in [0.3, 0.4) is 0 Å². The lowest BCUT2D eigenvalue weighted by molar-refractivity contribution is -0.128. The minimum Gasteiger partial charge on any atom is -0.352 e. The molecular formula is C18H26N6O2. The Labute approximate surface area is 153 Å². The van der Waals surface area contributed by atoms with E-state index in [-0.39, 0.29) is 29.8 Å². The molecular weight excluding hydrogens is 332 g/mol. The van der Waals surface area contributed by atoms with Crippen molar-refractivity contribution in [2.24, 2.45) is 13.0 Å². The Kier molecular flexibility index (Phi) is 5.11. The van der Waals surface area contributed by atoms with E-state index in [9.17, 15) is 9.59 Å². The molecule has 1 aliphatic heterocycles. The SMILES string of the molecule is CCN1C(=O)C[C@@H](CNC(=O)c2cnn(C(C)C)c2)[C@@H]1c1nccn1C. The number of carbonyl (C=O) groups is 2. The van der Waals surface area contributed by atoms with Crippen LogP contribution in [0.5, 0.6) is 0 Å². The van der Waals surface area contributed by atoms with E-state index in [4.69, 9.17) is 0 Å². The van der Waals surface area contributed by atoms with Gasteiger partial charge in [-0.3, -0.25) is 14.3 Å². The van der Waals surface area contributed by atoms with Crippen molar-refractivity contribution in [1.82, 2.24) is 29.5 Å². The van der Waals surface area contributed by atoms with Gasteiger partial charge in [0.2, 0.25) is 5.91 Å². The number of carbonyl (C=O) groups excluding carboxylic acids is 2. The maximum absolute atomic E-state index is 12.4. The summed E-state index contributed by atoms with van der Waals surface area (Å²) in [5.74, 6) is 0.780. The number of hydrogen-bond acceptors (Lipinski definition) is 4. The molecule has 3 rings (SSSR count). The van der Waals surface area contributed by atoms with Crippen LogP contribution in [0.25, 0.3) is 0 Å². The van der Waals surface area contributed by atoms with Crippen LogP contribution < -0.4 is 5.32 Å². The third-order valence-corrected chi connectivity index (χ3v) is 4.92. The van der Waals surface area contributed by atoms with Crippen molar-refractivity contribution in [2.75, 3.05) is 13.1 Å². The van der Waals surface area contributed by atoms with Crippen molar-refractivity contribution in [2.45, 2.75) is 39.3 Å². The second kappa shape index (κ2) is 7.31. The van der Waals surface area contributed by atoms with Crippen molar-refractivity contribution in [3.8, 4) is 0 Å². The molecule has 1 saturated heterocycles. The van der Waals surface area contributed by atoms with Crippen LogP contribution in [0, 0.1) is 5.92 Å². The van der Waals surface area contributed by atoms with Crippen LogP contribution in [-0.4, -0.2) is 49.1 Å². The molecule has 0 aliphatic carbocycles. The van der Waals surface area contributed by atoms with Gasteiger partial charge in [-0.1, -0.05) is 0 Å². The molecule has 0 unspecified atom stereocenters. The number of imidazole rings is 1. The molecule has 8 nitrogen and oxygen atoms in total. The van der Waals surface area contributed by atoms with Gasteiger partial charge < -0.3 is 14.8 Å². The number of nitrogens with one attached hydrogen (secondary N) is 1. The lowest BCUT2D eigenvalue weighted by atomic mass is 9.99. The normalized spacial score (nSPS) is 20.2. The van der Waals surface area contributed by atoms with Gasteiger partial charge >= 0.3 is 0 Å². The average Bonchev–Trinajstić information content (AvgIpc) is 3.30. The summed E-state index contributed by atoms with van der Waals surface area (Å²) in [4.78, 5) is 31.1. The Morgan fingerprint density at radius 1 is 1.42 bits per heavy atom. The van der Waals surface area contributed by atoms with Crippen molar-refractivity contribution in [3.63, 3.8) is 0 Å². The zero-order chi connectivity index (χ0) is 18.8. The number of amides is 2. The zero-order valence-corrected chi connectivity index (χ0v) is 15.7. The summed E-state index contributed by atoms with van der Waals surface area (Å²) in [7, 11) is 1.93. The van der Waals surface area contributed by atoms with Crippen molar-refractivity contribution < 1.29 is 9.59 Å². The molecule has 0 aromatic carbocycles. The first-order chi connectivity index (χ1) is 12.4. The minimum absolute atomic E-state index is 0.00681. The Bertz CT molecular complexity index is 793. The molecule has 2 amide bonds. The molecule has 140 valence electrons. The van der Waals surface area contributed by atoms with E-state index in [1.807, 2.05) is 43.5 Å². The molecule has 2 atom stereocenters. The molecule has 0 saturated carbocycles. The second-order valence-corrected chi connectivity index (χ2v) is 7.00. The van der Waals surface area contributed by atoms with Gasteiger partial charge in [0.1, 0.15) is 5.82 Å². The third kappa shape index (κ3) is 3.36. The maximum atomic E-state index is 12.4. The molecule has 2 aromatic rings. The summed E-state index contributed by atoms with van der Waals surface area (Å²) in [6, 6.07) is 0.0844. The summed E-state index contributed by atoms with van der Waals surface area (Å²) < 4.78 is 3.69. The van der Waals surface area contributed by atoms with E-state index in [1.165, 1.54) is 0 Å². The van der Waals surface area contributed by atoms with Gasteiger partial charge in [-0.05, 0) is 20.8 Å². The van der Waals surface area contributed by atoms with Gasteiger partial charge in [-0.2, -0.15) is 5.10 Å². The number of hydrogen-bond donors (Lipinski definition) is 1. The molecule has 26 heavy (non-hydrogen) atoms. The summed E-state index contributed by atoms with van der Waals surface area (Å²) in [6.45, 7) is 7.04. The Morgan fingerprint density at radius 3 is 2.77 bits per heavy atom. The van der Waals surface area contributed by atoms with Gasteiger partial charge in [0.05, 0.1) is 17.8 Å². The predicted molar refractivity (Wildman–Crippen MR) is 96.4 cm³/mol. The zero-order valence-electron chi connectivity index (χ0n) is 15.7. The van der Waals surface area contributed by atoms with E-state index in [2.05, 4.69) is 15.4 Å². The van der Waals surface area contributed by atoms with Gasteiger partial charge in [0.25, 0.3) is 5.91 Å². The summed E-state index contributed by atoms with van der Waals surface area (Å²) in [6.07, 6.45) is 7.35. The van der Waals surface area contributed by atoms with E-state index in [0.717, 1.165) is 5.82 Å². The highest BCUT2D eigenvalue weighted by atomic mass is 16.2. The largest absolute Gasteiger partial charge is 0.352 e. The minimum atomic E-state index is -0.169. The van der Waals surface area contributed by atoms with Crippen LogP contribution in [0.2, 0.25) is 0 Å². The van der Waals surface area contributed by atoms with Gasteiger partial charge in [-0.15, -0.1) is 0 Å². The topological polar surface area (TPSA) is 85.1 Å². The van der Waals surface area contributed by atoms with Gasteiger partial charge in [0.15, 0.2) is 0 Å². The first-order valence-corrected chi connectivity index (χ1v) is 9.01. The Morgan fingerprint density at radius 2 is 2.19 bits per heavy atom. The molecule has 1 N–H and O–H groups in total. The lowest BCUT2D eigenvalue weighted by Crippen LogP contribution is -2.35. The highest BCUT2D eigenvalue weighted by molar-refractivity contribution is 5.93. The van der Waals surface area contributed by atoms with E-state index >= 15 is 0 Å². The molecule has 1 aliphatic rings. The first kappa shape index (κ1) is 18.2. The lowest BCUT2D eigenvalue weighted by Gasteiger charge is -2.27. The predicted octanol–water partition coefficient (Wildman–Crippen LogP) is 1.54. The molecule has 0 spiro atoms. The Balaban J connectivity index is 1.72. The number of rotatable bonds is 6. The van der Waals surface area contributed by atoms with Crippen LogP contribution in [0.15, 0.2) is 24.8 Å². The first-order valence-electron chi connectivity index (χ1n) is 9.01. The van der Waals surface area contributed by atoms with Gasteiger partial charge in [0, 0.05) is 57.1 Å². The van der Waals surface area contributed by atoms with E-state index in [0.29, 0.717) is 25.1 Å². The fraction of sp³-hybridized carbons (Fsp3) is 0.556. The molecule has 2 aromatic heterocycles. The fourth-order valence-electron chi connectivity index (χ4n) is 3.50. The molecule has 3 heterocycles. The number of aromatic nitrogens is 4. The van der Waals surface area contributed by atoms with Crippen LogP contribution in [0.1, 0.15) is 55.5 Å². The monoisotopic (exact) mass is 358 g/mol. The smallest absolute Gasteiger partial charge is 0.254 e. The van der Waals surface area contributed by atoms with Crippen molar-refractivity contribution >= 4 is 11.8 Å². The highest BCUT2D eigenvalue weighted by Gasteiger charge is 2.41. The number of nitrogens with zero attached hydrogens (tertiary/aromatic N) is 5. The van der Waals surface area contributed by atoms with Crippen LogP contribution in [0.4, 0.5) is 0 Å². The maximum Gasteiger partial charge on any atom is 0.254 e. The van der Waals surface area contributed by atoms with Crippen molar-refractivity contribution in [1.29, 1.82) is 0 Å². The standard InChI is InChI=1S/C18H26N6O2/c1-5-23-15(25)8-13(16(23)17-19-6-7-22(17)4)9-20-18(26)14-10-21-24(11-14)12(2)3/h6-7,10-13,16H,5,8-9H2,1-4H3,(H,20,26)/t13-,16+/m0/s1. The van der Waals surface area contributed by atoms with Crippen molar-refractivity contribution in [3.05, 3.63) is 36.2 Å². The van der Waals surface area contributed by atoms with Crippen LogP contribution in [-0.2, 0) is 11.8 Å². The number of aryl methyl sites for hydroxylation is 1. The van der Waals surface area contributed by atoms with Crippen LogP contribution >= 0.6 is 0 Å². The summed E-state index contributed by atoms with van der Waals surface area (Å²) in [5.41, 5.74) is 0.531. The fourth-order valence-corrected chi connectivity index (χ4v) is 3.50. The van der Waals surface area contributed by atoms with E-state index < -0.39 is 0 Å². The van der Waals surface area contributed by atoms with E-state index in [1.54, 1.807) is 23.3 Å². The third-order valence-electron chi connectivity index (χ3n) is 4.92. The highest BCUT2D eigenvalue weighted by Crippen LogP contribution is 2.36. The summed E-state index contributed by atoms with van der Waals surface area (Å²) >= 11 is 0. The quantitative estimate of drug-likeness (QED) is 0.849. The summed E-state index contributed by atoms with van der Waals surface area (Å²) in [5, 5.41) is 7.16. The molecule has 0 radical (unpaired) electrons. The number of likely N-dealkylation sites (tertiary alicyclic amines) is 1. The average molecular weight is 358 g/mol. The molecule has 8 heteroatoms. The second-order valence-electron chi connectivity index (χ2n) is 7.00. The molecule has 1 fully saturated rings. The molecule has 0 bridgehead atoms. The Hall–Kier alpha value is -2.64. The van der Waals surface area contributed by atoms with Gasteiger partial charge in [-0.25, -0.2) is 4.98 Å².